The predicted octanol–water partition coefficient (Wildman–Crippen LogP) is 4.39. The summed E-state index contributed by atoms with van der Waals surface area (Å²) < 4.78 is 0. The van der Waals surface area contributed by atoms with Gasteiger partial charge in [-0.2, -0.15) is 5.26 Å². The normalized spacial score (nSPS) is 9.95. The summed E-state index contributed by atoms with van der Waals surface area (Å²) in [4.78, 5) is 10.5. The number of rotatable bonds is 4. The predicted molar refractivity (Wildman–Crippen MR) is 81.6 cm³/mol. The zero-order chi connectivity index (χ0) is 15.4. The quantitative estimate of drug-likeness (QED) is 0.669. The van der Waals surface area contributed by atoms with Gasteiger partial charge in [0.15, 0.2) is 0 Å². The van der Waals surface area contributed by atoms with Crippen LogP contribution in [0.15, 0.2) is 36.4 Å². The Morgan fingerprint density at radius 1 is 1.19 bits per heavy atom. The van der Waals surface area contributed by atoms with Crippen molar-refractivity contribution in [3.63, 3.8) is 0 Å². The first-order valence-electron chi connectivity index (χ1n) is 5.87. The van der Waals surface area contributed by atoms with E-state index in [1.54, 1.807) is 30.3 Å². The van der Waals surface area contributed by atoms with E-state index in [1.165, 1.54) is 6.07 Å². The van der Waals surface area contributed by atoms with Crippen LogP contribution in [0.1, 0.15) is 11.1 Å². The third-order valence-corrected chi connectivity index (χ3v) is 3.29. The molecule has 0 aliphatic carbocycles. The van der Waals surface area contributed by atoms with Gasteiger partial charge in [0.1, 0.15) is 6.07 Å². The summed E-state index contributed by atoms with van der Waals surface area (Å²) in [6.45, 7) is 0.183. The van der Waals surface area contributed by atoms with Crippen molar-refractivity contribution < 1.29 is 4.92 Å². The molecule has 0 aromatic heterocycles. The van der Waals surface area contributed by atoms with Gasteiger partial charge in [-0.15, -0.1) is 0 Å². The fraction of sp³-hybridized carbons (Fsp3) is 0.0714. The molecule has 0 aliphatic heterocycles. The van der Waals surface area contributed by atoms with Crippen molar-refractivity contribution in [2.75, 3.05) is 5.32 Å². The van der Waals surface area contributed by atoms with E-state index in [0.717, 1.165) is 0 Å². The molecule has 0 fully saturated rings. The van der Waals surface area contributed by atoms with Crippen LogP contribution in [0.2, 0.25) is 10.0 Å². The van der Waals surface area contributed by atoms with Crippen molar-refractivity contribution in [2.24, 2.45) is 0 Å². The molecule has 1 N–H and O–H groups in total. The highest BCUT2D eigenvalue weighted by Crippen LogP contribution is 2.26. The van der Waals surface area contributed by atoms with Crippen molar-refractivity contribution in [3.8, 4) is 6.07 Å². The van der Waals surface area contributed by atoms with E-state index in [9.17, 15) is 10.1 Å². The van der Waals surface area contributed by atoms with Gasteiger partial charge in [0, 0.05) is 28.2 Å². The molecular weight excluding hydrogens is 313 g/mol. The molecule has 0 amide bonds. The number of nitro groups is 1. The number of hydrogen-bond acceptors (Lipinski definition) is 4. The number of nitriles is 1. The van der Waals surface area contributed by atoms with E-state index in [0.29, 0.717) is 26.9 Å². The number of hydrogen-bond donors (Lipinski definition) is 1. The molecule has 2 aromatic carbocycles. The molecule has 0 atom stereocenters. The summed E-state index contributed by atoms with van der Waals surface area (Å²) in [5, 5.41) is 23.8. The standard InChI is InChI=1S/C14H9Cl2N3O2/c15-11-3-1-9(7-17)13(5-11)18-8-10-2-4-12(16)6-14(10)19(20)21/h1-6,18H,8H2. The first-order valence-corrected chi connectivity index (χ1v) is 6.63. The maximum absolute atomic E-state index is 11.0. The lowest BCUT2D eigenvalue weighted by molar-refractivity contribution is -0.385. The Labute approximate surface area is 130 Å². The van der Waals surface area contributed by atoms with E-state index in [-0.39, 0.29) is 12.2 Å². The van der Waals surface area contributed by atoms with Gasteiger partial charge < -0.3 is 5.32 Å². The molecule has 2 aromatic rings. The van der Waals surface area contributed by atoms with Crippen molar-refractivity contribution in [1.82, 2.24) is 0 Å². The van der Waals surface area contributed by atoms with Gasteiger partial charge in [0.05, 0.1) is 16.2 Å². The van der Waals surface area contributed by atoms with Crippen LogP contribution >= 0.6 is 23.2 Å². The van der Waals surface area contributed by atoms with Crippen LogP contribution in [0.3, 0.4) is 0 Å². The average molecular weight is 322 g/mol. The highest BCUT2D eigenvalue weighted by Gasteiger charge is 2.14. The van der Waals surface area contributed by atoms with Gasteiger partial charge in [-0.1, -0.05) is 23.2 Å². The molecule has 0 heterocycles. The lowest BCUT2D eigenvalue weighted by atomic mass is 10.1. The number of anilines is 1. The first-order chi connectivity index (χ1) is 10.0. The Balaban J connectivity index is 2.27. The van der Waals surface area contributed by atoms with Crippen molar-refractivity contribution in [1.29, 1.82) is 5.26 Å². The maximum atomic E-state index is 11.0. The van der Waals surface area contributed by atoms with Gasteiger partial charge in [-0.05, 0) is 30.3 Å². The molecule has 0 radical (unpaired) electrons. The second-order valence-corrected chi connectivity index (χ2v) is 5.06. The minimum atomic E-state index is -0.494. The van der Waals surface area contributed by atoms with Crippen LogP contribution in [0.25, 0.3) is 0 Å². The molecule has 0 aliphatic rings. The minimum Gasteiger partial charge on any atom is -0.380 e. The molecule has 2 rings (SSSR count). The number of nitro benzene ring substituents is 1. The second kappa shape index (κ2) is 6.44. The summed E-state index contributed by atoms with van der Waals surface area (Å²) in [6.07, 6.45) is 0. The summed E-state index contributed by atoms with van der Waals surface area (Å²) in [7, 11) is 0. The molecule has 7 heteroatoms. The number of nitrogens with one attached hydrogen (secondary N) is 1. The van der Waals surface area contributed by atoms with Crippen molar-refractivity contribution in [3.05, 3.63) is 67.7 Å². The SMILES string of the molecule is N#Cc1ccc(Cl)cc1NCc1ccc(Cl)cc1[N+](=O)[O-]. The van der Waals surface area contributed by atoms with E-state index in [4.69, 9.17) is 28.5 Å². The van der Waals surface area contributed by atoms with Crippen LogP contribution in [0.4, 0.5) is 11.4 Å². The van der Waals surface area contributed by atoms with E-state index in [2.05, 4.69) is 5.32 Å². The topological polar surface area (TPSA) is 79.0 Å². The summed E-state index contributed by atoms with van der Waals surface area (Å²) in [5.41, 5.74) is 1.33. The van der Waals surface area contributed by atoms with Crippen LogP contribution < -0.4 is 5.32 Å². The molecule has 0 spiro atoms. The minimum absolute atomic E-state index is 0.0736. The Morgan fingerprint density at radius 2 is 1.86 bits per heavy atom. The first kappa shape index (κ1) is 15.1. The fourth-order valence-corrected chi connectivity index (χ4v) is 2.15. The number of benzene rings is 2. The van der Waals surface area contributed by atoms with Crippen LogP contribution in [0, 0.1) is 21.4 Å². The molecule has 0 bridgehead atoms. The van der Waals surface area contributed by atoms with Gasteiger partial charge in [-0.3, -0.25) is 10.1 Å². The summed E-state index contributed by atoms with van der Waals surface area (Å²) in [5.74, 6) is 0. The van der Waals surface area contributed by atoms with Gasteiger partial charge >= 0.3 is 0 Å². The van der Waals surface area contributed by atoms with Crippen molar-refractivity contribution in [2.45, 2.75) is 6.54 Å². The molecule has 0 saturated carbocycles. The smallest absolute Gasteiger partial charge is 0.275 e. The summed E-state index contributed by atoms with van der Waals surface area (Å²) >= 11 is 11.6. The average Bonchev–Trinajstić information content (AvgIpc) is 2.46. The van der Waals surface area contributed by atoms with Crippen LogP contribution in [-0.2, 0) is 6.54 Å². The Kier molecular flexibility index (Phi) is 4.63. The molecule has 21 heavy (non-hydrogen) atoms. The lowest BCUT2D eigenvalue weighted by Gasteiger charge is -2.09. The Morgan fingerprint density at radius 3 is 2.52 bits per heavy atom. The van der Waals surface area contributed by atoms with Crippen LogP contribution in [-0.4, -0.2) is 4.92 Å². The monoisotopic (exact) mass is 321 g/mol. The maximum Gasteiger partial charge on any atom is 0.275 e. The highest BCUT2D eigenvalue weighted by molar-refractivity contribution is 6.31. The van der Waals surface area contributed by atoms with E-state index < -0.39 is 4.92 Å². The zero-order valence-electron chi connectivity index (χ0n) is 10.6. The fourth-order valence-electron chi connectivity index (χ4n) is 1.81. The van der Waals surface area contributed by atoms with E-state index in [1.807, 2.05) is 6.07 Å². The number of nitrogens with zero attached hydrogens (tertiary/aromatic N) is 2. The molecule has 0 unspecified atom stereocenters. The third kappa shape index (κ3) is 3.63. The van der Waals surface area contributed by atoms with E-state index >= 15 is 0 Å². The molecule has 5 nitrogen and oxygen atoms in total. The number of halogens is 2. The summed E-state index contributed by atoms with van der Waals surface area (Å²) in [6, 6.07) is 11.3. The highest BCUT2D eigenvalue weighted by atomic mass is 35.5. The van der Waals surface area contributed by atoms with Crippen LogP contribution in [0.5, 0.6) is 0 Å². The molecular formula is C14H9Cl2N3O2. The molecule has 0 saturated heterocycles. The Hall–Kier alpha value is -2.29. The largest absolute Gasteiger partial charge is 0.380 e. The second-order valence-electron chi connectivity index (χ2n) is 4.19. The Bertz CT molecular complexity index is 741. The van der Waals surface area contributed by atoms with Crippen molar-refractivity contribution >= 4 is 34.6 Å². The lowest BCUT2D eigenvalue weighted by Crippen LogP contribution is -2.04. The van der Waals surface area contributed by atoms with Gasteiger partial charge in [0.2, 0.25) is 0 Å². The van der Waals surface area contributed by atoms with Gasteiger partial charge in [-0.25, -0.2) is 0 Å². The zero-order valence-corrected chi connectivity index (χ0v) is 12.1. The van der Waals surface area contributed by atoms with Gasteiger partial charge in [0.25, 0.3) is 5.69 Å². The third-order valence-electron chi connectivity index (χ3n) is 2.82. The molecule has 106 valence electrons.